The molecular formula is C16H24N4. The minimum absolute atomic E-state index is 0.297. The van der Waals surface area contributed by atoms with Crippen molar-refractivity contribution in [3.05, 3.63) is 11.6 Å². The van der Waals surface area contributed by atoms with Crippen LogP contribution in [0.15, 0.2) is 0 Å². The molecular weight excluding hydrogens is 248 g/mol. The summed E-state index contributed by atoms with van der Waals surface area (Å²) in [6.07, 6.45) is 10.6. The highest BCUT2D eigenvalue weighted by molar-refractivity contribution is 5.19. The zero-order valence-corrected chi connectivity index (χ0v) is 12.1. The first kappa shape index (κ1) is 11.7. The minimum atomic E-state index is 0.297. The quantitative estimate of drug-likeness (QED) is 0.851. The molecule has 108 valence electrons. The molecule has 1 atom stereocenters. The van der Waals surface area contributed by atoms with Crippen LogP contribution in [0.3, 0.4) is 0 Å². The van der Waals surface area contributed by atoms with Crippen LogP contribution in [0.5, 0.6) is 0 Å². The summed E-state index contributed by atoms with van der Waals surface area (Å²) in [5.74, 6) is 5.39. The standard InChI is InChI=1S/C16H24N4/c17-13-1-2-14-18-19-15(20(14)9-13)16-6-10-3-11(7-16)5-12(4-10)8-16/h10-13H,1-9,17H2. The number of aryl methyl sites for hydroxylation is 1. The number of rotatable bonds is 1. The second kappa shape index (κ2) is 3.85. The molecule has 4 saturated carbocycles. The smallest absolute Gasteiger partial charge is 0.139 e. The average Bonchev–Trinajstić information content (AvgIpc) is 2.80. The number of hydrogen-bond acceptors (Lipinski definition) is 3. The Morgan fingerprint density at radius 1 is 1.00 bits per heavy atom. The van der Waals surface area contributed by atoms with E-state index in [9.17, 15) is 0 Å². The van der Waals surface area contributed by atoms with Gasteiger partial charge in [-0.3, -0.25) is 0 Å². The summed E-state index contributed by atoms with van der Waals surface area (Å²) < 4.78 is 2.40. The summed E-state index contributed by atoms with van der Waals surface area (Å²) in [6, 6.07) is 0.297. The van der Waals surface area contributed by atoms with E-state index in [0.29, 0.717) is 11.5 Å². The molecule has 20 heavy (non-hydrogen) atoms. The van der Waals surface area contributed by atoms with Crippen molar-refractivity contribution in [2.75, 3.05) is 0 Å². The molecule has 0 spiro atoms. The molecule has 1 aromatic heterocycles. The number of nitrogens with zero attached hydrogens (tertiary/aromatic N) is 3. The maximum atomic E-state index is 6.19. The van der Waals surface area contributed by atoms with E-state index in [1.165, 1.54) is 50.2 Å². The van der Waals surface area contributed by atoms with Crippen LogP contribution in [-0.4, -0.2) is 20.8 Å². The van der Waals surface area contributed by atoms with Crippen molar-refractivity contribution in [3.63, 3.8) is 0 Å². The minimum Gasteiger partial charge on any atom is -0.326 e. The molecule has 1 aromatic rings. The first-order valence-corrected chi connectivity index (χ1v) is 8.40. The Kier molecular flexibility index (Phi) is 2.25. The highest BCUT2D eigenvalue weighted by Crippen LogP contribution is 2.60. The molecule has 4 aliphatic carbocycles. The zero-order chi connectivity index (χ0) is 13.3. The molecule has 0 aromatic carbocycles. The third-order valence-corrected chi connectivity index (χ3v) is 6.50. The summed E-state index contributed by atoms with van der Waals surface area (Å²) in [6.45, 7) is 0.944. The fourth-order valence-corrected chi connectivity index (χ4v) is 6.13. The van der Waals surface area contributed by atoms with Crippen molar-refractivity contribution >= 4 is 0 Å². The first-order valence-electron chi connectivity index (χ1n) is 8.40. The Hall–Kier alpha value is -0.900. The van der Waals surface area contributed by atoms with E-state index in [2.05, 4.69) is 14.8 Å². The molecule has 1 unspecified atom stereocenters. The van der Waals surface area contributed by atoms with Crippen molar-refractivity contribution in [1.29, 1.82) is 0 Å². The van der Waals surface area contributed by atoms with Gasteiger partial charge in [0.25, 0.3) is 0 Å². The van der Waals surface area contributed by atoms with E-state index >= 15 is 0 Å². The van der Waals surface area contributed by atoms with Gasteiger partial charge in [-0.05, 0) is 62.7 Å². The summed E-state index contributed by atoms with van der Waals surface area (Å²) in [5, 5.41) is 9.19. The lowest BCUT2D eigenvalue weighted by Crippen LogP contribution is -2.50. The van der Waals surface area contributed by atoms with Gasteiger partial charge in [0.2, 0.25) is 0 Å². The maximum absolute atomic E-state index is 6.19. The molecule has 4 heteroatoms. The first-order chi connectivity index (χ1) is 9.72. The van der Waals surface area contributed by atoms with Crippen LogP contribution >= 0.6 is 0 Å². The van der Waals surface area contributed by atoms with Gasteiger partial charge >= 0.3 is 0 Å². The number of nitrogens with two attached hydrogens (primary N) is 1. The van der Waals surface area contributed by atoms with Gasteiger partial charge in [-0.1, -0.05) is 0 Å². The lowest BCUT2D eigenvalue weighted by atomic mass is 9.49. The summed E-state index contributed by atoms with van der Waals surface area (Å²) >= 11 is 0. The largest absolute Gasteiger partial charge is 0.326 e. The van der Waals surface area contributed by atoms with Crippen LogP contribution in [0.4, 0.5) is 0 Å². The lowest BCUT2D eigenvalue weighted by Gasteiger charge is -2.56. The van der Waals surface area contributed by atoms with Gasteiger partial charge in [-0.15, -0.1) is 10.2 Å². The van der Waals surface area contributed by atoms with Crippen LogP contribution in [0.25, 0.3) is 0 Å². The van der Waals surface area contributed by atoms with E-state index in [-0.39, 0.29) is 0 Å². The Labute approximate surface area is 120 Å². The highest BCUT2D eigenvalue weighted by atomic mass is 15.3. The van der Waals surface area contributed by atoms with Crippen molar-refractivity contribution in [2.45, 2.75) is 69.4 Å². The topological polar surface area (TPSA) is 56.7 Å². The van der Waals surface area contributed by atoms with Gasteiger partial charge in [0, 0.05) is 24.4 Å². The molecule has 4 fully saturated rings. The third kappa shape index (κ3) is 1.51. The van der Waals surface area contributed by atoms with Crippen molar-refractivity contribution < 1.29 is 0 Å². The van der Waals surface area contributed by atoms with E-state index < -0.39 is 0 Å². The number of hydrogen-bond donors (Lipinski definition) is 1. The number of fused-ring (bicyclic) bond motifs is 1. The average molecular weight is 272 g/mol. The summed E-state index contributed by atoms with van der Waals surface area (Å²) in [4.78, 5) is 0. The molecule has 5 aliphatic rings. The molecule has 6 rings (SSSR count). The van der Waals surface area contributed by atoms with Crippen molar-refractivity contribution in [1.82, 2.24) is 14.8 Å². The summed E-state index contributed by atoms with van der Waals surface area (Å²) in [7, 11) is 0. The highest BCUT2D eigenvalue weighted by Gasteiger charge is 2.54. The van der Waals surface area contributed by atoms with Crippen LogP contribution in [0, 0.1) is 17.8 Å². The second-order valence-electron chi connectivity index (χ2n) is 8.05. The van der Waals surface area contributed by atoms with Crippen molar-refractivity contribution in [3.8, 4) is 0 Å². The number of aromatic nitrogens is 3. The monoisotopic (exact) mass is 272 g/mol. The Morgan fingerprint density at radius 3 is 2.30 bits per heavy atom. The Morgan fingerprint density at radius 2 is 1.65 bits per heavy atom. The fourth-order valence-electron chi connectivity index (χ4n) is 6.13. The Bertz CT molecular complexity index is 511. The van der Waals surface area contributed by atoms with E-state index in [4.69, 9.17) is 5.73 Å². The van der Waals surface area contributed by atoms with Crippen LogP contribution in [-0.2, 0) is 18.4 Å². The molecule has 2 N–H and O–H groups in total. The maximum Gasteiger partial charge on any atom is 0.139 e. The SMILES string of the molecule is NC1CCc2nnc(C34CC5CC(CC(C5)C3)C4)n2C1. The molecule has 2 heterocycles. The second-order valence-corrected chi connectivity index (χ2v) is 8.05. The molecule has 1 aliphatic heterocycles. The van der Waals surface area contributed by atoms with E-state index in [1.807, 2.05) is 0 Å². The van der Waals surface area contributed by atoms with Gasteiger partial charge in [0.05, 0.1) is 0 Å². The van der Waals surface area contributed by atoms with Crippen molar-refractivity contribution in [2.24, 2.45) is 23.5 Å². The molecule has 4 bridgehead atoms. The van der Waals surface area contributed by atoms with Gasteiger partial charge in [0.1, 0.15) is 11.6 Å². The van der Waals surface area contributed by atoms with E-state index in [0.717, 1.165) is 37.1 Å². The van der Waals surface area contributed by atoms with Crippen LogP contribution in [0.2, 0.25) is 0 Å². The molecule has 4 nitrogen and oxygen atoms in total. The molecule has 0 saturated heterocycles. The predicted molar refractivity (Wildman–Crippen MR) is 76.2 cm³/mol. The lowest BCUT2D eigenvalue weighted by molar-refractivity contribution is -0.0115. The predicted octanol–water partition coefficient (Wildman–Crippen LogP) is 2.02. The summed E-state index contributed by atoms with van der Waals surface area (Å²) in [5.41, 5.74) is 6.55. The van der Waals surface area contributed by atoms with Gasteiger partial charge < -0.3 is 10.3 Å². The molecule has 0 amide bonds. The fraction of sp³-hybridized carbons (Fsp3) is 0.875. The Balaban J connectivity index is 1.58. The normalized spacial score (nSPS) is 45.6. The van der Waals surface area contributed by atoms with Gasteiger partial charge in [-0.25, -0.2) is 0 Å². The third-order valence-electron chi connectivity index (χ3n) is 6.50. The van der Waals surface area contributed by atoms with E-state index in [1.54, 1.807) is 0 Å². The molecule has 0 radical (unpaired) electrons. The van der Waals surface area contributed by atoms with Crippen LogP contribution in [0.1, 0.15) is 56.6 Å². The van der Waals surface area contributed by atoms with Crippen LogP contribution < -0.4 is 5.73 Å². The van der Waals surface area contributed by atoms with Gasteiger partial charge in [-0.2, -0.15) is 0 Å². The van der Waals surface area contributed by atoms with Gasteiger partial charge in [0.15, 0.2) is 0 Å². The zero-order valence-electron chi connectivity index (χ0n) is 12.1.